The van der Waals surface area contributed by atoms with Crippen molar-refractivity contribution >= 4 is 22.5 Å². The normalized spacial score (nSPS) is 15.5. The zero-order valence-corrected chi connectivity index (χ0v) is 21.5. The number of hydrogen-bond donors (Lipinski definition) is 1. The van der Waals surface area contributed by atoms with Crippen molar-refractivity contribution in [2.45, 2.75) is 25.6 Å². The lowest BCUT2D eigenvalue weighted by Gasteiger charge is -2.32. The van der Waals surface area contributed by atoms with Gasteiger partial charge >= 0.3 is 0 Å². The van der Waals surface area contributed by atoms with E-state index >= 15 is 0 Å². The third-order valence-corrected chi connectivity index (χ3v) is 7.37. The minimum absolute atomic E-state index is 0.00802. The number of fused-ring (bicyclic) bond motifs is 3. The Labute approximate surface area is 223 Å². The van der Waals surface area contributed by atoms with Gasteiger partial charge in [0.25, 0.3) is 5.91 Å². The molecule has 0 saturated carbocycles. The minimum Gasteiger partial charge on any atom is -0.491 e. The number of nitrogens with one attached hydrogen (secondary N) is 1. The van der Waals surface area contributed by atoms with Crippen molar-refractivity contribution in [3.05, 3.63) is 132 Å². The summed E-state index contributed by atoms with van der Waals surface area (Å²) in [4.78, 5) is 16.5. The molecular weight excluding hydrogens is 470 g/mol. The van der Waals surface area contributed by atoms with E-state index in [0.29, 0.717) is 31.7 Å². The first kappa shape index (κ1) is 23.9. The standard InChI is InChI=1S/C33H31N3O2/c1-35-22-29(28-15-7-9-17-31(28)35)33(37)36-21-26-14-5-8-16-30(26)34-20-25-13-6-10-18-32(25)38-23-27(36)19-24-11-3-2-4-12-24/h2-18,22,27,34H,19-21,23H2,1H3/t27-/m0/s1. The van der Waals surface area contributed by atoms with Crippen LogP contribution in [-0.4, -0.2) is 28.0 Å². The molecule has 6 rings (SSSR count). The van der Waals surface area contributed by atoms with Crippen LogP contribution in [0.25, 0.3) is 10.9 Å². The van der Waals surface area contributed by atoms with Crippen LogP contribution in [0.2, 0.25) is 0 Å². The maximum absolute atomic E-state index is 14.5. The molecule has 1 aliphatic rings. The van der Waals surface area contributed by atoms with Crippen LogP contribution in [0.1, 0.15) is 27.0 Å². The van der Waals surface area contributed by atoms with E-state index in [-0.39, 0.29) is 11.9 Å². The van der Waals surface area contributed by atoms with Crippen LogP contribution in [-0.2, 0) is 26.6 Å². The summed E-state index contributed by atoms with van der Waals surface area (Å²) >= 11 is 0. The smallest absolute Gasteiger partial charge is 0.256 e. The Hall–Kier alpha value is -4.51. The fourth-order valence-electron chi connectivity index (χ4n) is 5.36. The van der Waals surface area contributed by atoms with E-state index in [1.54, 1.807) is 0 Å². The average Bonchev–Trinajstić information content (AvgIpc) is 3.29. The lowest BCUT2D eigenvalue weighted by atomic mass is 10.0. The van der Waals surface area contributed by atoms with Gasteiger partial charge in [-0.1, -0.05) is 84.9 Å². The Morgan fingerprint density at radius 3 is 2.45 bits per heavy atom. The molecule has 1 amide bonds. The molecule has 5 nitrogen and oxygen atoms in total. The van der Waals surface area contributed by atoms with Crippen LogP contribution >= 0.6 is 0 Å². The van der Waals surface area contributed by atoms with Gasteiger partial charge in [0.05, 0.1) is 11.6 Å². The van der Waals surface area contributed by atoms with E-state index < -0.39 is 0 Å². The highest BCUT2D eigenvalue weighted by Gasteiger charge is 2.29. The molecule has 0 bridgehead atoms. The second-order valence-electron chi connectivity index (χ2n) is 9.88. The fraction of sp³-hybridized carbons (Fsp3) is 0.182. The molecule has 0 radical (unpaired) electrons. The number of rotatable bonds is 3. The van der Waals surface area contributed by atoms with Crippen molar-refractivity contribution in [3.8, 4) is 5.75 Å². The first-order valence-electron chi connectivity index (χ1n) is 13.1. The van der Waals surface area contributed by atoms with Crippen molar-refractivity contribution in [2.75, 3.05) is 11.9 Å². The topological polar surface area (TPSA) is 46.5 Å². The van der Waals surface area contributed by atoms with Crippen LogP contribution in [0.5, 0.6) is 5.75 Å². The summed E-state index contributed by atoms with van der Waals surface area (Å²) in [5.74, 6) is 0.851. The number of carbonyl (C=O) groups is 1. The lowest BCUT2D eigenvalue weighted by molar-refractivity contribution is 0.0593. The molecule has 5 aromatic rings. The van der Waals surface area contributed by atoms with Crippen molar-refractivity contribution in [3.63, 3.8) is 0 Å². The Bertz CT molecular complexity index is 1570. The number of carbonyl (C=O) groups excluding carboxylic acids is 1. The summed E-state index contributed by atoms with van der Waals surface area (Å²) in [7, 11) is 1.99. The van der Waals surface area contributed by atoms with Gasteiger partial charge < -0.3 is 19.5 Å². The predicted molar refractivity (Wildman–Crippen MR) is 152 cm³/mol. The Morgan fingerprint density at radius 2 is 1.58 bits per heavy atom. The Balaban J connectivity index is 1.47. The minimum atomic E-state index is -0.178. The average molecular weight is 502 g/mol. The zero-order valence-electron chi connectivity index (χ0n) is 21.5. The molecule has 0 saturated heterocycles. The molecule has 1 atom stereocenters. The highest BCUT2D eigenvalue weighted by Crippen LogP contribution is 2.29. The van der Waals surface area contributed by atoms with Gasteiger partial charge in [-0.3, -0.25) is 4.79 Å². The van der Waals surface area contributed by atoms with Gasteiger partial charge in [-0.25, -0.2) is 0 Å². The Morgan fingerprint density at radius 1 is 0.868 bits per heavy atom. The van der Waals surface area contributed by atoms with Gasteiger partial charge in [-0.15, -0.1) is 0 Å². The number of nitrogens with zero attached hydrogens (tertiary/aromatic N) is 2. The molecule has 4 aromatic carbocycles. The number of ether oxygens (including phenoxy) is 1. The van der Waals surface area contributed by atoms with Crippen LogP contribution in [0.4, 0.5) is 5.69 Å². The third kappa shape index (κ3) is 4.75. The second kappa shape index (κ2) is 10.5. The summed E-state index contributed by atoms with van der Waals surface area (Å²) in [5.41, 5.74) is 6.13. The molecule has 5 heteroatoms. The van der Waals surface area contributed by atoms with Crippen LogP contribution in [0.3, 0.4) is 0 Å². The molecule has 1 aliphatic heterocycles. The number of hydrogen-bond acceptors (Lipinski definition) is 3. The quantitative estimate of drug-likeness (QED) is 0.310. The van der Waals surface area contributed by atoms with Gasteiger partial charge in [-0.2, -0.15) is 0 Å². The Kier molecular flexibility index (Phi) is 6.57. The van der Waals surface area contributed by atoms with Crippen molar-refractivity contribution in [2.24, 2.45) is 7.05 Å². The molecule has 2 heterocycles. The van der Waals surface area contributed by atoms with Gasteiger partial charge in [0.2, 0.25) is 0 Å². The summed E-state index contributed by atoms with van der Waals surface area (Å²) < 4.78 is 8.50. The summed E-state index contributed by atoms with van der Waals surface area (Å²) in [6, 6.07) is 34.7. The zero-order chi connectivity index (χ0) is 25.9. The number of amides is 1. The number of benzene rings is 4. The lowest BCUT2D eigenvalue weighted by Crippen LogP contribution is -2.44. The predicted octanol–water partition coefficient (Wildman–Crippen LogP) is 6.44. The first-order valence-corrected chi connectivity index (χ1v) is 13.1. The van der Waals surface area contributed by atoms with Gasteiger partial charge in [0.15, 0.2) is 0 Å². The highest BCUT2D eigenvalue weighted by atomic mass is 16.5. The fourth-order valence-corrected chi connectivity index (χ4v) is 5.36. The molecule has 38 heavy (non-hydrogen) atoms. The molecule has 190 valence electrons. The number of aromatic nitrogens is 1. The maximum Gasteiger partial charge on any atom is 0.256 e. The van der Waals surface area contributed by atoms with Gasteiger partial charge in [0, 0.05) is 48.5 Å². The van der Waals surface area contributed by atoms with Crippen LogP contribution < -0.4 is 10.1 Å². The number of para-hydroxylation sites is 3. The van der Waals surface area contributed by atoms with Crippen molar-refractivity contribution < 1.29 is 9.53 Å². The molecule has 0 aliphatic carbocycles. The number of aryl methyl sites for hydroxylation is 1. The summed E-state index contributed by atoms with van der Waals surface area (Å²) in [6.07, 6.45) is 2.65. The van der Waals surface area contributed by atoms with Gasteiger partial charge in [0.1, 0.15) is 12.4 Å². The summed E-state index contributed by atoms with van der Waals surface area (Å²) in [6.45, 7) is 1.51. The van der Waals surface area contributed by atoms with E-state index in [1.165, 1.54) is 5.56 Å². The largest absolute Gasteiger partial charge is 0.491 e. The highest BCUT2D eigenvalue weighted by molar-refractivity contribution is 6.07. The monoisotopic (exact) mass is 501 g/mol. The van der Waals surface area contributed by atoms with E-state index in [4.69, 9.17) is 4.74 Å². The van der Waals surface area contributed by atoms with Crippen LogP contribution in [0, 0.1) is 0 Å². The maximum atomic E-state index is 14.5. The molecule has 0 fully saturated rings. The van der Waals surface area contributed by atoms with Crippen molar-refractivity contribution in [1.29, 1.82) is 0 Å². The van der Waals surface area contributed by atoms with Crippen LogP contribution in [0.15, 0.2) is 109 Å². The molecule has 1 N–H and O–H groups in total. The SMILES string of the molecule is Cn1cc(C(=O)N2Cc3ccccc3NCc3ccccc3OC[C@@H]2Cc2ccccc2)c2ccccc21. The van der Waals surface area contributed by atoms with E-state index in [0.717, 1.165) is 33.5 Å². The second-order valence-corrected chi connectivity index (χ2v) is 9.88. The molecule has 0 spiro atoms. The van der Waals surface area contributed by atoms with Crippen molar-refractivity contribution in [1.82, 2.24) is 9.47 Å². The van der Waals surface area contributed by atoms with Gasteiger partial charge in [-0.05, 0) is 35.7 Å². The van der Waals surface area contributed by atoms with E-state index in [2.05, 4.69) is 41.7 Å². The molecule has 1 aromatic heterocycles. The molecule has 0 unspecified atom stereocenters. The number of anilines is 1. The first-order chi connectivity index (χ1) is 18.7. The summed E-state index contributed by atoms with van der Waals surface area (Å²) in [5, 5.41) is 4.56. The van der Waals surface area contributed by atoms with E-state index in [9.17, 15) is 4.79 Å². The third-order valence-electron chi connectivity index (χ3n) is 7.37. The molecular formula is C33H31N3O2. The van der Waals surface area contributed by atoms with E-state index in [1.807, 2.05) is 89.4 Å².